The summed E-state index contributed by atoms with van der Waals surface area (Å²) in [5, 5.41) is 0. The summed E-state index contributed by atoms with van der Waals surface area (Å²) >= 11 is 4.97. The molecule has 1 atom stereocenters. The molecule has 0 heterocycles. The predicted octanol–water partition coefficient (Wildman–Crippen LogP) is 9.47. The zero-order chi connectivity index (χ0) is 22.3. The molecule has 1 unspecified atom stereocenters. The van der Waals surface area contributed by atoms with Gasteiger partial charge in [0.05, 0.1) is 12.7 Å². The second-order valence-corrected chi connectivity index (χ2v) is 12.0. The van der Waals surface area contributed by atoms with Crippen LogP contribution in [-0.2, 0) is 20.9 Å². The van der Waals surface area contributed by atoms with Crippen LogP contribution < -0.4 is 0 Å². The minimum Gasteiger partial charge on any atom is -0.324 e. The smallest absolute Gasteiger partial charge is 0.324 e. The molecule has 5 heteroatoms. The molecular weight excluding hydrogens is 411 g/mol. The molecule has 0 bridgehead atoms. The average Bonchev–Trinajstić information content (AvgIpc) is 2.68. The van der Waals surface area contributed by atoms with Crippen LogP contribution >= 0.6 is 6.72 Å². The van der Waals surface area contributed by atoms with Crippen LogP contribution in [-0.4, -0.2) is 17.6 Å². The lowest BCUT2D eigenvalue weighted by atomic mass is 10.0. The van der Waals surface area contributed by atoms with Crippen molar-refractivity contribution in [3.63, 3.8) is 0 Å². The maximum absolute atomic E-state index is 9.83. The molecule has 0 saturated carbocycles. The van der Waals surface area contributed by atoms with Gasteiger partial charge >= 0.3 is 6.72 Å². The number of hydrogen-bond donors (Lipinski definition) is 1. The van der Waals surface area contributed by atoms with Gasteiger partial charge in [-0.25, -0.2) is 0 Å². The fourth-order valence-electron chi connectivity index (χ4n) is 3.83. The van der Waals surface area contributed by atoms with Crippen LogP contribution in [0.1, 0.15) is 149 Å². The quantitative estimate of drug-likeness (QED) is 0.114. The van der Waals surface area contributed by atoms with E-state index in [1.54, 1.807) is 0 Å². The standard InChI is InChI=1S/C25H53O3PS/c1-4-5-6-7-8-9-10-11-12-13-14-15-16-17-18-19-20-21-22-23-24-27-29(26,30)28-25(2)3/h25H,4-24H2,1-3H3,(H,26,30). The van der Waals surface area contributed by atoms with Crippen LogP contribution in [0.3, 0.4) is 0 Å². The zero-order valence-corrected chi connectivity index (χ0v) is 22.3. The number of unbranched alkanes of at least 4 members (excludes halogenated alkanes) is 19. The Labute approximate surface area is 194 Å². The summed E-state index contributed by atoms with van der Waals surface area (Å²) in [4.78, 5) is 9.83. The fourth-order valence-corrected chi connectivity index (χ4v) is 5.53. The van der Waals surface area contributed by atoms with E-state index in [9.17, 15) is 4.89 Å². The first-order valence-electron chi connectivity index (χ1n) is 13.1. The summed E-state index contributed by atoms with van der Waals surface area (Å²) in [6.07, 6.45) is 27.4. The van der Waals surface area contributed by atoms with Crippen LogP contribution in [0.5, 0.6) is 0 Å². The van der Waals surface area contributed by atoms with E-state index in [4.69, 9.17) is 20.9 Å². The SMILES string of the molecule is CCCCCCCCCCCCCCCCCCCCCCOP(O)(=S)OC(C)C. The molecule has 0 aliphatic carbocycles. The molecule has 3 nitrogen and oxygen atoms in total. The van der Waals surface area contributed by atoms with Crippen molar-refractivity contribution in [1.82, 2.24) is 0 Å². The van der Waals surface area contributed by atoms with Crippen molar-refractivity contribution in [2.24, 2.45) is 0 Å². The first kappa shape index (κ1) is 30.5. The molecule has 30 heavy (non-hydrogen) atoms. The normalized spacial score (nSPS) is 13.8. The molecule has 0 aromatic rings. The Morgan fingerprint density at radius 3 is 1.20 bits per heavy atom. The molecule has 0 aromatic heterocycles. The third-order valence-corrected chi connectivity index (χ3v) is 7.37. The molecule has 0 amide bonds. The monoisotopic (exact) mass is 464 g/mol. The van der Waals surface area contributed by atoms with Crippen molar-refractivity contribution in [3.8, 4) is 0 Å². The fraction of sp³-hybridized carbons (Fsp3) is 1.00. The summed E-state index contributed by atoms with van der Waals surface area (Å²) in [5.41, 5.74) is 0. The van der Waals surface area contributed by atoms with Gasteiger partial charge in [0.25, 0.3) is 0 Å². The van der Waals surface area contributed by atoms with Gasteiger partial charge in [-0.2, -0.15) is 0 Å². The summed E-state index contributed by atoms with van der Waals surface area (Å²) in [6, 6.07) is 0. The second-order valence-electron chi connectivity index (χ2n) is 9.17. The maximum Gasteiger partial charge on any atom is 0.324 e. The lowest BCUT2D eigenvalue weighted by Crippen LogP contribution is -2.03. The largest absolute Gasteiger partial charge is 0.324 e. The Balaban J connectivity index is 3.14. The summed E-state index contributed by atoms with van der Waals surface area (Å²) in [7, 11) is 0. The molecule has 0 aliphatic heterocycles. The van der Waals surface area contributed by atoms with Gasteiger partial charge in [0.1, 0.15) is 0 Å². The van der Waals surface area contributed by atoms with Gasteiger partial charge in [-0.15, -0.1) is 0 Å². The average molecular weight is 465 g/mol. The Bertz CT molecular complexity index is 391. The highest BCUT2D eigenvalue weighted by Gasteiger charge is 2.16. The molecule has 0 saturated heterocycles. The van der Waals surface area contributed by atoms with Crippen LogP contribution in [0.15, 0.2) is 0 Å². The van der Waals surface area contributed by atoms with Gasteiger partial charge < -0.3 is 13.9 Å². The van der Waals surface area contributed by atoms with E-state index in [0.717, 1.165) is 12.8 Å². The number of rotatable bonds is 24. The van der Waals surface area contributed by atoms with Gasteiger partial charge in [-0.1, -0.05) is 129 Å². The van der Waals surface area contributed by atoms with E-state index in [1.807, 2.05) is 13.8 Å². The summed E-state index contributed by atoms with van der Waals surface area (Å²) < 4.78 is 10.6. The highest BCUT2D eigenvalue weighted by molar-refractivity contribution is 8.07. The Hall–Kier alpha value is 0.530. The van der Waals surface area contributed by atoms with Crippen LogP contribution in [0.4, 0.5) is 0 Å². The summed E-state index contributed by atoms with van der Waals surface area (Å²) in [6.45, 7) is 3.51. The third kappa shape index (κ3) is 24.8. The Morgan fingerprint density at radius 1 is 0.600 bits per heavy atom. The summed E-state index contributed by atoms with van der Waals surface area (Å²) in [5.74, 6) is 0. The van der Waals surface area contributed by atoms with Crippen LogP contribution in [0, 0.1) is 0 Å². The van der Waals surface area contributed by atoms with Gasteiger partial charge in [0.15, 0.2) is 0 Å². The van der Waals surface area contributed by atoms with E-state index < -0.39 is 6.72 Å². The first-order chi connectivity index (χ1) is 14.5. The van der Waals surface area contributed by atoms with E-state index in [-0.39, 0.29) is 6.10 Å². The van der Waals surface area contributed by atoms with Crippen molar-refractivity contribution in [2.45, 2.75) is 155 Å². The molecule has 0 aromatic carbocycles. The minimum absolute atomic E-state index is 0.0873. The van der Waals surface area contributed by atoms with Gasteiger partial charge in [0.2, 0.25) is 0 Å². The lowest BCUT2D eigenvalue weighted by molar-refractivity contribution is 0.160. The Morgan fingerprint density at radius 2 is 0.900 bits per heavy atom. The predicted molar refractivity (Wildman–Crippen MR) is 137 cm³/mol. The molecular formula is C25H53O3PS. The van der Waals surface area contributed by atoms with Crippen LogP contribution in [0.25, 0.3) is 0 Å². The molecule has 1 N–H and O–H groups in total. The Kier molecular flexibility index (Phi) is 23.1. The lowest BCUT2D eigenvalue weighted by Gasteiger charge is -2.17. The molecule has 0 aliphatic rings. The molecule has 0 fully saturated rings. The van der Waals surface area contributed by atoms with Gasteiger partial charge in [-0.05, 0) is 32.1 Å². The van der Waals surface area contributed by atoms with Crippen molar-refractivity contribution in [1.29, 1.82) is 0 Å². The van der Waals surface area contributed by atoms with Crippen LogP contribution in [0.2, 0.25) is 0 Å². The van der Waals surface area contributed by atoms with E-state index in [2.05, 4.69) is 6.92 Å². The first-order valence-corrected chi connectivity index (χ1v) is 15.7. The highest BCUT2D eigenvalue weighted by Crippen LogP contribution is 2.45. The van der Waals surface area contributed by atoms with Crippen molar-refractivity contribution >= 4 is 18.5 Å². The molecule has 0 spiro atoms. The number of hydrogen-bond acceptors (Lipinski definition) is 3. The molecule has 0 rings (SSSR count). The molecule has 0 radical (unpaired) electrons. The third-order valence-electron chi connectivity index (χ3n) is 5.60. The maximum atomic E-state index is 9.83. The second kappa shape index (κ2) is 22.7. The highest BCUT2D eigenvalue weighted by atomic mass is 32.5. The zero-order valence-electron chi connectivity index (χ0n) is 20.5. The van der Waals surface area contributed by atoms with Crippen molar-refractivity contribution in [3.05, 3.63) is 0 Å². The van der Waals surface area contributed by atoms with Gasteiger partial charge in [-0.3, -0.25) is 0 Å². The van der Waals surface area contributed by atoms with E-state index in [0.29, 0.717) is 6.61 Å². The van der Waals surface area contributed by atoms with E-state index in [1.165, 1.54) is 116 Å². The van der Waals surface area contributed by atoms with Crippen molar-refractivity contribution in [2.75, 3.05) is 6.61 Å². The van der Waals surface area contributed by atoms with E-state index >= 15 is 0 Å². The minimum atomic E-state index is -3.01. The topological polar surface area (TPSA) is 38.7 Å². The van der Waals surface area contributed by atoms with Crippen molar-refractivity contribution < 1.29 is 13.9 Å². The van der Waals surface area contributed by atoms with Gasteiger partial charge in [0, 0.05) is 0 Å². The molecule has 182 valence electrons.